The van der Waals surface area contributed by atoms with Crippen molar-refractivity contribution in [2.24, 2.45) is 5.10 Å². The van der Waals surface area contributed by atoms with Gasteiger partial charge in [0.25, 0.3) is 0 Å². The molecule has 0 aliphatic carbocycles. The Morgan fingerprint density at radius 1 is 1.32 bits per heavy atom. The summed E-state index contributed by atoms with van der Waals surface area (Å²) in [4.78, 5) is 22.9. The van der Waals surface area contributed by atoms with Crippen LogP contribution in [0.2, 0.25) is 0 Å². The molecule has 0 unspecified atom stereocenters. The summed E-state index contributed by atoms with van der Waals surface area (Å²) in [5.74, 6) is 0.563. The lowest BCUT2D eigenvalue weighted by Crippen LogP contribution is -2.43. The Bertz CT molecular complexity index is 884. The molecule has 166 valence electrons. The lowest BCUT2D eigenvalue weighted by Gasteiger charge is -2.35. The molecule has 0 N–H and O–H groups in total. The number of nitrogens with zero attached hydrogens (tertiary/aromatic N) is 5. The van der Waals surface area contributed by atoms with E-state index >= 15 is 0 Å². The fourth-order valence-electron chi connectivity index (χ4n) is 3.57. The van der Waals surface area contributed by atoms with Gasteiger partial charge < -0.3 is 9.64 Å². The number of amides is 1. The summed E-state index contributed by atoms with van der Waals surface area (Å²) >= 11 is 0. The van der Waals surface area contributed by atoms with Crippen LogP contribution in [0.1, 0.15) is 47.0 Å². The van der Waals surface area contributed by atoms with Crippen LogP contribution in [0.5, 0.6) is 0 Å². The molecule has 0 spiro atoms. The quantitative estimate of drug-likeness (QED) is 0.234. The second-order valence-corrected chi connectivity index (χ2v) is 7.65. The van der Waals surface area contributed by atoms with Gasteiger partial charge in [0.1, 0.15) is 5.60 Å². The molecule has 7 nitrogen and oxygen atoms in total. The summed E-state index contributed by atoms with van der Waals surface area (Å²) in [5.41, 5.74) is 3.16. The van der Waals surface area contributed by atoms with Crippen molar-refractivity contribution in [3.8, 4) is 0 Å². The van der Waals surface area contributed by atoms with E-state index < -0.39 is 5.60 Å². The minimum Gasteiger partial charge on any atom is -0.438 e. The summed E-state index contributed by atoms with van der Waals surface area (Å²) in [6.45, 7) is 20.7. The van der Waals surface area contributed by atoms with Crippen molar-refractivity contribution in [1.82, 2.24) is 14.9 Å². The number of ether oxygens (including phenoxy) is 1. The van der Waals surface area contributed by atoms with Gasteiger partial charge in [0.05, 0.1) is 6.20 Å². The first-order chi connectivity index (χ1) is 14.8. The summed E-state index contributed by atoms with van der Waals surface area (Å²) in [6.07, 6.45) is 10.5. The van der Waals surface area contributed by atoms with Gasteiger partial charge in [0, 0.05) is 38.4 Å². The van der Waals surface area contributed by atoms with Gasteiger partial charge in [-0.3, -0.25) is 4.98 Å². The monoisotopic (exact) mass is 423 g/mol. The molecule has 2 heterocycles. The van der Waals surface area contributed by atoms with Gasteiger partial charge in [-0.2, -0.15) is 5.10 Å². The summed E-state index contributed by atoms with van der Waals surface area (Å²) in [7, 11) is 0. The number of allylic oxidation sites excluding steroid dienone is 2. The Hall–Kier alpha value is -3.22. The molecule has 1 aliphatic heterocycles. The van der Waals surface area contributed by atoms with Crippen LogP contribution >= 0.6 is 0 Å². The lowest BCUT2D eigenvalue weighted by molar-refractivity contribution is 0.0101. The number of hydrogen-bond acceptors (Lipinski definition) is 6. The third-order valence-electron chi connectivity index (χ3n) is 5.66. The van der Waals surface area contributed by atoms with Crippen molar-refractivity contribution in [2.45, 2.75) is 52.6 Å². The van der Waals surface area contributed by atoms with Gasteiger partial charge in [-0.15, -0.1) is 0 Å². The van der Waals surface area contributed by atoms with Gasteiger partial charge in [0.15, 0.2) is 5.82 Å². The first-order valence-electron chi connectivity index (χ1n) is 10.5. The van der Waals surface area contributed by atoms with Crippen molar-refractivity contribution in [1.29, 1.82) is 0 Å². The number of rotatable bonds is 9. The van der Waals surface area contributed by atoms with Crippen LogP contribution in [0.4, 0.5) is 10.6 Å². The van der Waals surface area contributed by atoms with Crippen LogP contribution in [0.25, 0.3) is 0 Å². The van der Waals surface area contributed by atoms with Crippen LogP contribution in [-0.2, 0) is 4.74 Å². The number of carbonyl (C=O) groups excluding carboxylic acids is 1. The normalized spacial score (nSPS) is 14.5. The zero-order chi connectivity index (χ0) is 23.0. The molecule has 1 aromatic heterocycles. The van der Waals surface area contributed by atoms with Gasteiger partial charge in [-0.1, -0.05) is 33.1 Å². The smallest absolute Gasteiger partial charge is 0.410 e. The highest BCUT2D eigenvalue weighted by atomic mass is 16.6. The maximum atomic E-state index is 12.8. The van der Waals surface area contributed by atoms with E-state index in [0.29, 0.717) is 38.2 Å². The van der Waals surface area contributed by atoms with E-state index in [1.165, 1.54) is 0 Å². The van der Waals surface area contributed by atoms with Crippen LogP contribution in [0.15, 0.2) is 71.4 Å². The van der Waals surface area contributed by atoms with Crippen molar-refractivity contribution in [2.75, 3.05) is 18.1 Å². The fourth-order valence-corrected chi connectivity index (χ4v) is 3.57. The lowest BCUT2D eigenvalue weighted by atomic mass is 9.90. The van der Waals surface area contributed by atoms with Crippen molar-refractivity contribution < 1.29 is 9.53 Å². The predicted molar refractivity (Wildman–Crippen MR) is 126 cm³/mol. The van der Waals surface area contributed by atoms with Crippen LogP contribution in [-0.4, -0.2) is 46.4 Å². The zero-order valence-electron chi connectivity index (χ0n) is 19.1. The Morgan fingerprint density at radius 3 is 2.48 bits per heavy atom. The number of hydrogen-bond donors (Lipinski definition) is 0. The van der Waals surface area contributed by atoms with Gasteiger partial charge in [-0.05, 0) is 55.4 Å². The van der Waals surface area contributed by atoms with Crippen molar-refractivity contribution in [3.05, 3.63) is 66.3 Å². The molecule has 0 saturated heterocycles. The SMILES string of the molecule is C=NN(/C=C(\C(=C)C)C1=CCN(C(=O)OC(CC)(CC)C(=C)C)CC1)c1cnccn1. The molecule has 2 rings (SSSR count). The second-order valence-electron chi connectivity index (χ2n) is 7.65. The van der Waals surface area contributed by atoms with E-state index in [-0.39, 0.29) is 6.09 Å². The molecule has 0 bridgehead atoms. The van der Waals surface area contributed by atoms with Crippen molar-refractivity contribution >= 4 is 18.6 Å². The van der Waals surface area contributed by atoms with E-state index in [1.807, 2.05) is 40.0 Å². The fraction of sp³-hybridized carbons (Fsp3) is 0.417. The summed E-state index contributed by atoms with van der Waals surface area (Å²) in [5, 5.41) is 5.61. The van der Waals surface area contributed by atoms with E-state index in [4.69, 9.17) is 4.74 Å². The van der Waals surface area contributed by atoms with Gasteiger partial charge in [-0.25, -0.2) is 14.8 Å². The van der Waals surface area contributed by atoms with Crippen LogP contribution in [0.3, 0.4) is 0 Å². The maximum Gasteiger partial charge on any atom is 0.410 e. The van der Waals surface area contributed by atoms with Crippen LogP contribution < -0.4 is 5.01 Å². The Kier molecular flexibility index (Phi) is 8.30. The minimum absolute atomic E-state index is 0.309. The van der Waals surface area contributed by atoms with E-state index in [2.05, 4.69) is 34.9 Å². The average Bonchev–Trinajstić information content (AvgIpc) is 2.78. The largest absolute Gasteiger partial charge is 0.438 e. The molecule has 7 heteroatoms. The van der Waals surface area contributed by atoms with Crippen LogP contribution in [0, 0.1) is 0 Å². The number of carbonyl (C=O) groups is 1. The zero-order valence-corrected chi connectivity index (χ0v) is 19.1. The molecule has 0 saturated carbocycles. The maximum absolute atomic E-state index is 12.8. The highest BCUT2D eigenvalue weighted by Gasteiger charge is 2.34. The second kappa shape index (κ2) is 10.7. The molecular weight excluding hydrogens is 390 g/mol. The molecule has 0 fully saturated rings. The van der Waals surface area contributed by atoms with Gasteiger partial charge in [0.2, 0.25) is 0 Å². The Labute approximate surface area is 185 Å². The van der Waals surface area contributed by atoms with E-state index in [0.717, 1.165) is 22.3 Å². The van der Waals surface area contributed by atoms with Crippen molar-refractivity contribution in [3.63, 3.8) is 0 Å². The summed E-state index contributed by atoms with van der Waals surface area (Å²) < 4.78 is 5.90. The predicted octanol–water partition coefficient (Wildman–Crippen LogP) is 5.26. The molecule has 31 heavy (non-hydrogen) atoms. The molecular formula is C24H33N5O2. The van der Waals surface area contributed by atoms with Gasteiger partial charge >= 0.3 is 6.09 Å². The third-order valence-corrected chi connectivity index (χ3v) is 5.66. The minimum atomic E-state index is -0.614. The first-order valence-corrected chi connectivity index (χ1v) is 10.5. The molecule has 0 atom stereocenters. The molecule has 1 aliphatic rings. The Balaban J connectivity index is 2.19. The molecule has 1 aromatic rings. The van der Waals surface area contributed by atoms with E-state index in [9.17, 15) is 4.79 Å². The number of anilines is 1. The highest BCUT2D eigenvalue weighted by Crippen LogP contribution is 2.31. The third kappa shape index (κ3) is 5.69. The first kappa shape index (κ1) is 24.1. The highest BCUT2D eigenvalue weighted by molar-refractivity contribution is 5.69. The topological polar surface area (TPSA) is 70.9 Å². The molecule has 0 aromatic carbocycles. The Morgan fingerprint density at radius 2 is 2.03 bits per heavy atom. The number of hydrazone groups is 1. The average molecular weight is 424 g/mol. The standard InChI is InChI=1S/C24H33N5O2/c1-8-24(9-2,19(5)6)31-23(30)28-14-10-20(11-15-28)21(18(3)4)17-29(25-7)22-16-26-12-13-27-22/h10,12-13,16-17H,3,5,7-9,11,14-15H2,1-2,4,6H3/b21-17+. The molecule has 1 amide bonds. The molecule has 0 radical (unpaired) electrons. The number of aromatic nitrogens is 2. The van der Waals surface area contributed by atoms with E-state index in [1.54, 1.807) is 28.5 Å². The summed E-state index contributed by atoms with van der Waals surface area (Å²) in [6, 6.07) is 0.